The Hall–Kier alpha value is -2.16. The molecule has 0 aliphatic heterocycles. The lowest BCUT2D eigenvalue weighted by molar-refractivity contribution is -0.116. The van der Waals surface area contributed by atoms with Crippen LogP contribution in [0.25, 0.3) is 0 Å². The van der Waals surface area contributed by atoms with Gasteiger partial charge in [-0.3, -0.25) is 9.79 Å². The number of Topliss-reactive ketones (excluding diaryl/α,β-unsaturated/α-hetero) is 1. The first-order chi connectivity index (χ1) is 8.31. The number of nitrogens with two attached hydrogens (primary N) is 3. The van der Waals surface area contributed by atoms with E-state index in [-0.39, 0.29) is 35.5 Å². The van der Waals surface area contributed by atoms with Crippen LogP contribution in [-0.2, 0) is 4.79 Å². The molecule has 1 unspecified atom stereocenters. The summed E-state index contributed by atoms with van der Waals surface area (Å²) in [4.78, 5) is 15.3. The van der Waals surface area contributed by atoms with Crippen molar-refractivity contribution in [3.63, 3.8) is 0 Å². The van der Waals surface area contributed by atoms with Gasteiger partial charge in [0.05, 0.1) is 6.54 Å². The fraction of sp³-hybridized carbons (Fsp3) is 0.500. The van der Waals surface area contributed by atoms with E-state index in [0.717, 1.165) is 0 Å². The molecular weight excluding hydrogens is 232 g/mol. The smallest absolute Gasteiger partial charge is 0.211 e. The Morgan fingerprint density at radius 1 is 1.33 bits per heavy atom. The van der Waals surface area contributed by atoms with E-state index >= 15 is 0 Å². The highest BCUT2D eigenvalue weighted by Crippen LogP contribution is 2.08. The SMILES string of the molecule is CC(C)C(O)=C(N)C(N)=NCC(C)C(=O)C#CN. The largest absolute Gasteiger partial charge is 0.510 e. The summed E-state index contributed by atoms with van der Waals surface area (Å²) in [6.45, 7) is 5.36. The third-order valence-electron chi connectivity index (χ3n) is 2.28. The summed E-state index contributed by atoms with van der Waals surface area (Å²) in [6, 6.07) is 2.04. The molecule has 0 radical (unpaired) electrons. The lowest BCUT2D eigenvalue weighted by atomic mass is 10.1. The molecule has 0 aromatic rings. The highest BCUT2D eigenvalue weighted by atomic mass is 16.3. The molecule has 1 atom stereocenters. The van der Waals surface area contributed by atoms with Gasteiger partial charge in [-0.1, -0.05) is 20.8 Å². The standard InChI is InChI=1S/C12H20N4O2/c1-7(2)11(18)10(14)12(15)16-6-8(3)9(17)4-5-13/h7-8,18H,6,13-14H2,1-3H3,(H2,15,16). The Balaban J connectivity index is 4.75. The molecule has 0 bridgehead atoms. The van der Waals surface area contributed by atoms with Crippen LogP contribution < -0.4 is 17.2 Å². The Morgan fingerprint density at radius 2 is 1.89 bits per heavy atom. The minimum Gasteiger partial charge on any atom is -0.510 e. The van der Waals surface area contributed by atoms with Gasteiger partial charge < -0.3 is 22.3 Å². The summed E-state index contributed by atoms with van der Waals surface area (Å²) in [5.74, 6) is 1.35. The van der Waals surface area contributed by atoms with Gasteiger partial charge in [0.2, 0.25) is 5.78 Å². The molecule has 6 nitrogen and oxygen atoms in total. The molecule has 0 aliphatic rings. The van der Waals surface area contributed by atoms with E-state index in [9.17, 15) is 9.90 Å². The lowest BCUT2D eigenvalue weighted by Crippen LogP contribution is -2.26. The van der Waals surface area contributed by atoms with Crippen molar-refractivity contribution in [2.45, 2.75) is 20.8 Å². The van der Waals surface area contributed by atoms with Gasteiger partial charge in [-0.2, -0.15) is 0 Å². The molecule has 0 aliphatic carbocycles. The minimum atomic E-state index is -0.423. The molecule has 0 heterocycles. The van der Waals surface area contributed by atoms with Gasteiger partial charge in [-0.05, 0) is 5.92 Å². The molecule has 0 aromatic carbocycles. The second-order valence-corrected chi connectivity index (χ2v) is 4.21. The van der Waals surface area contributed by atoms with Gasteiger partial charge in [0.15, 0.2) is 0 Å². The zero-order valence-corrected chi connectivity index (χ0v) is 10.9. The highest BCUT2D eigenvalue weighted by Gasteiger charge is 2.12. The van der Waals surface area contributed by atoms with Gasteiger partial charge in [-0.15, -0.1) is 0 Å². The van der Waals surface area contributed by atoms with E-state index in [1.165, 1.54) is 0 Å². The molecule has 0 saturated carbocycles. The summed E-state index contributed by atoms with van der Waals surface area (Å²) in [5.41, 5.74) is 16.2. The van der Waals surface area contributed by atoms with Crippen LogP contribution in [0.3, 0.4) is 0 Å². The lowest BCUT2D eigenvalue weighted by Gasteiger charge is -2.09. The van der Waals surface area contributed by atoms with Crippen LogP contribution in [0.1, 0.15) is 20.8 Å². The van der Waals surface area contributed by atoms with Gasteiger partial charge in [0.1, 0.15) is 17.3 Å². The molecule has 0 saturated heterocycles. The second kappa shape index (κ2) is 7.22. The molecule has 6 heteroatoms. The number of hydrogen-bond donors (Lipinski definition) is 4. The average Bonchev–Trinajstić information content (AvgIpc) is 2.33. The number of aliphatic imine (C=N–C) groups is 1. The number of aliphatic hydroxyl groups excluding tert-OH is 1. The maximum atomic E-state index is 11.3. The van der Waals surface area contributed by atoms with E-state index < -0.39 is 5.92 Å². The first kappa shape index (κ1) is 15.8. The number of carbonyl (C=O) groups excluding carboxylic acids is 1. The van der Waals surface area contributed by atoms with Crippen molar-refractivity contribution in [3.8, 4) is 12.0 Å². The van der Waals surface area contributed by atoms with Gasteiger partial charge in [-0.25, -0.2) is 0 Å². The Kier molecular flexibility index (Phi) is 6.35. The zero-order chi connectivity index (χ0) is 14.3. The second-order valence-electron chi connectivity index (χ2n) is 4.21. The first-order valence-electron chi connectivity index (χ1n) is 5.55. The topological polar surface area (TPSA) is 128 Å². The van der Waals surface area contributed by atoms with Crippen molar-refractivity contribution in [2.24, 2.45) is 34.0 Å². The Morgan fingerprint density at radius 3 is 2.33 bits per heavy atom. The minimum absolute atomic E-state index is 0.0153. The summed E-state index contributed by atoms with van der Waals surface area (Å²) in [6.07, 6.45) is 0. The summed E-state index contributed by atoms with van der Waals surface area (Å²) in [5, 5.41) is 9.61. The van der Waals surface area contributed by atoms with E-state index in [4.69, 9.17) is 17.2 Å². The number of ketones is 1. The van der Waals surface area contributed by atoms with E-state index in [0.29, 0.717) is 0 Å². The van der Waals surface area contributed by atoms with Crippen molar-refractivity contribution in [2.75, 3.05) is 6.54 Å². The molecule has 0 fully saturated rings. The normalized spacial score (nSPS) is 14.6. The maximum Gasteiger partial charge on any atom is 0.211 e. The van der Waals surface area contributed by atoms with Crippen LogP contribution in [0.2, 0.25) is 0 Å². The van der Waals surface area contributed by atoms with E-state index in [1.807, 2.05) is 6.04 Å². The van der Waals surface area contributed by atoms with Crippen LogP contribution in [-0.4, -0.2) is 23.3 Å². The number of carbonyl (C=O) groups is 1. The molecule has 18 heavy (non-hydrogen) atoms. The average molecular weight is 252 g/mol. The molecule has 0 aromatic heterocycles. The molecule has 0 spiro atoms. The van der Waals surface area contributed by atoms with Crippen molar-refractivity contribution in [3.05, 3.63) is 11.5 Å². The zero-order valence-electron chi connectivity index (χ0n) is 10.9. The van der Waals surface area contributed by atoms with Crippen molar-refractivity contribution < 1.29 is 9.90 Å². The Labute approximate surface area is 107 Å². The monoisotopic (exact) mass is 252 g/mol. The van der Waals surface area contributed by atoms with Crippen molar-refractivity contribution in [1.29, 1.82) is 0 Å². The van der Waals surface area contributed by atoms with Gasteiger partial charge in [0, 0.05) is 17.9 Å². The van der Waals surface area contributed by atoms with E-state index in [1.54, 1.807) is 20.8 Å². The summed E-state index contributed by atoms with van der Waals surface area (Å²) >= 11 is 0. The molecule has 0 amide bonds. The number of aliphatic hydroxyl groups is 1. The fourth-order valence-corrected chi connectivity index (χ4v) is 1.04. The molecule has 7 N–H and O–H groups in total. The molecule has 100 valence electrons. The quantitative estimate of drug-likeness (QED) is 0.178. The van der Waals surface area contributed by atoms with Crippen LogP contribution in [0, 0.1) is 23.8 Å². The molecule has 0 rings (SSSR count). The van der Waals surface area contributed by atoms with Crippen LogP contribution in [0.15, 0.2) is 16.4 Å². The molecular formula is C12H20N4O2. The number of allylic oxidation sites excluding steroid dienone is 1. The van der Waals surface area contributed by atoms with Gasteiger partial charge in [0.25, 0.3) is 0 Å². The predicted octanol–water partition coefficient (Wildman–Crippen LogP) is -0.147. The first-order valence-corrected chi connectivity index (χ1v) is 5.55. The van der Waals surface area contributed by atoms with Crippen molar-refractivity contribution >= 4 is 11.6 Å². The van der Waals surface area contributed by atoms with Gasteiger partial charge >= 0.3 is 0 Å². The van der Waals surface area contributed by atoms with Crippen LogP contribution in [0.4, 0.5) is 0 Å². The van der Waals surface area contributed by atoms with Crippen LogP contribution >= 0.6 is 0 Å². The fourth-order valence-electron chi connectivity index (χ4n) is 1.04. The Bertz CT molecular complexity index is 427. The third kappa shape index (κ3) is 4.78. The third-order valence-corrected chi connectivity index (χ3v) is 2.28. The number of hydrogen-bond acceptors (Lipinski definition) is 5. The summed E-state index contributed by atoms with van der Waals surface area (Å²) in [7, 11) is 0. The van der Waals surface area contributed by atoms with Crippen LogP contribution in [0.5, 0.6) is 0 Å². The predicted molar refractivity (Wildman–Crippen MR) is 71.3 cm³/mol. The summed E-state index contributed by atoms with van der Waals surface area (Å²) < 4.78 is 0. The number of nitrogens with zero attached hydrogens (tertiary/aromatic N) is 1. The van der Waals surface area contributed by atoms with E-state index in [2.05, 4.69) is 10.9 Å². The maximum absolute atomic E-state index is 11.3. The van der Waals surface area contributed by atoms with Crippen molar-refractivity contribution in [1.82, 2.24) is 0 Å². The number of rotatable bonds is 5. The number of amidine groups is 1. The highest BCUT2D eigenvalue weighted by molar-refractivity contribution is 5.98.